The molecule has 0 spiro atoms. The van der Waals surface area contributed by atoms with Gasteiger partial charge in [0.05, 0.1) is 12.2 Å². The summed E-state index contributed by atoms with van der Waals surface area (Å²) in [6, 6.07) is 11.1. The van der Waals surface area contributed by atoms with Gasteiger partial charge in [-0.05, 0) is 25.1 Å². The number of nitrogens with zero attached hydrogens (tertiary/aromatic N) is 3. The Hall–Kier alpha value is -2.41. The SMILES string of the molecule is CCOc1ccccc1-c1nccc(C#N)n1. The topological polar surface area (TPSA) is 58.8 Å². The first kappa shape index (κ1) is 11.1. The molecule has 84 valence electrons. The normalized spacial score (nSPS) is 9.65. The van der Waals surface area contributed by atoms with Crippen LogP contribution in [-0.2, 0) is 0 Å². The van der Waals surface area contributed by atoms with Crippen molar-refractivity contribution in [2.75, 3.05) is 6.61 Å². The van der Waals surface area contributed by atoms with E-state index in [1.807, 2.05) is 37.3 Å². The van der Waals surface area contributed by atoms with Crippen LogP contribution in [0.4, 0.5) is 0 Å². The summed E-state index contributed by atoms with van der Waals surface area (Å²) in [6.45, 7) is 2.50. The predicted molar refractivity (Wildman–Crippen MR) is 63.4 cm³/mol. The second-order valence-corrected chi connectivity index (χ2v) is 3.31. The molecule has 4 nitrogen and oxygen atoms in total. The molecule has 0 atom stereocenters. The molecule has 4 heteroatoms. The second kappa shape index (κ2) is 5.08. The molecule has 1 heterocycles. The zero-order valence-corrected chi connectivity index (χ0v) is 9.42. The monoisotopic (exact) mass is 225 g/mol. The molecule has 0 aliphatic carbocycles. The lowest BCUT2D eigenvalue weighted by atomic mass is 10.2. The Kier molecular flexibility index (Phi) is 3.31. The molecule has 0 unspecified atom stereocenters. The van der Waals surface area contributed by atoms with Crippen molar-refractivity contribution in [2.45, 2.75) is 6.92 Å². The molecule has 0 aliphatic heterocycles. The van der Waals surface area contributed by atoms with Crippen molar-refractivity contribution < 1.29 is 4.74 Å². The van der Waals surface area contributed by atoms with E-state index >= 15 is 0 Å². The van der Waals surface area contributed by atoms with Crippen LogP contribution in [0.3, 0.4) is 0 Å². The molecule has 0 radical (unpaired) electrons. The van der Waals surface area contributed by atoms with Crippen LogP contribution in [0.15, 0.2) is 36.5 Å². The molecular weight excluding hydrogens is 214 g/mol. The lowest BCUT2D eigenvalue weighted by Gasteiger charge is -2.08. The molecule has 1 aromatic heterocycles. The number of para-hydroxylation sites is 1. The van der Waals surface area contributed by atoms with E-state index in [-0.39, 0.29) is 0 Å². The Morgan fingerprint density at radius 1 is 1.29 bits per heavy atom. The van der Waals surface area contributed by atoms with Crippen LogP contribution >= 0.6 is 0 Å². The van der Waals surface area contributed by atoms with E-state index < -0.39 is 0 Å². The molecule has 0 aliphatic rings. The maximum atomic E-state index is 8.81. The number of benzene rings is 1. The van der Waals surface area contributed by atoms with E-state index in [1.165, 1.54) is 0 Å². The maximum Gasteiger partial charge on any atom is 0.164 e. The molecule has 0 fully saturated rings. The zero-order chi connectivity index (χ0) is 12.1. The molecule has 0 saturated carbocycles. The van der Waals surface area contributed by atoms with Gasteiger partial charge in [0.15, 0.2) is 5.82 Å². The average Bonchev–Trinajstić information content (AvgIpc) is 2.40. The summed E-state index contributed by atoms with van der Waals surface area (Å²) in [5, 5.41) is 8.81. The first-order valence-corrected chi connectivity index (χ1v) is 5.30. The molecule has 17 heavy (non-hydrogen) atoms. The van der Waals surface area contributed by atoms with E-state index in [0.29, 0.717) is 18.1 Å². The minimum Gasteiger partial charge on any atom is -0.493 e. The maximum absolute atomic E-state index is 8.81. The van der Waals surface area contributed by atoms with Gasteiger partial charge in [0, 0.05) is 6.20 Å². The van der Waals surface area contributed by atoms with Gasteiger partial charge in [-0.3, -0.25) is 0 Å². The van der Waals surface area contributed by atoms with Gasteiger partial charge in [0.1, 0.15) is 17.5 Å². The standard InChI is InChI=1S/C13H11N3O/c1-2-17-12-6-4-3-5-11(12)13-15-8-7-10(9-14)16-13/h3-8H,2H2,1H3. The summed E-state index contributed by atoms with van der Waals surface area (Å²) >= 11 is 0. The Bertz CT molecular complexity index is 561. The van der Waals surface area contributed by atoms with Crippen molar-refractivity contribution >= 4 is 0 Å². The number of rotatable bonds is 3. The van der Waals surface area contributed by atoms with Gasteiger partial charge >= 0.3 is 0 Å². The van der Waals surface area contributed by atoms with Gasteiger partial charge in [-0.25, -0.2) is 9.97 Å². The number of hydrogen-bond acceptors (Lipinski definition) is 4. The fourth-order valence-corrected chi connectivity index (χ4v) is 1.48. The van der Waals surface area contributed by atoms with Crippen LogP contribution in [0.25, 0.3) is 11.4 Å². The van der Waals surface area contributed by atoms with Crippen molar-refractivity contribution in [2.24, 2.45) is 0 Å². The third-order valence-corrected chi connectivity index (χ3v) is 2.20. The van der Waals surface area contributed by atoms with Crippen LogP contribution in [0, 0.1) is 11.3 Å². The van der Waals surface area contributed by atoms with E-state index in [9.17, 15) is 0 Å². The van der Waals surface area contributed by atoms with Gasteiger partial charge in [0.25, 0.3) is 0 Å². The highest BCUT2D eigenvalue weighted by Gasteiger charge is 2.08. The van der Waals surface area contributed by atoms with Crippen molar-refractivity contribution in [1.82, 2.24) is 9.97 Å². The molecular formula is C13H11N3O. The Labute approximate surface area is 99.5 Å². The Morgan fingerprint density at radius 3 is 2.88 bits per heavy atom. The fraction of sp³-hybridized carbons (Fsp3) is 0.154. The summed E-state index contributed by atoms with van der Waals surface area (Å²) in [6.07, 6.45) is 1.57. The van der Waals surface area contributed by atoms with Gasteiger partial charge in [-0.2, -0.15) is 5.26 Å². The van der Waals surface area contributed by atoms with Crippen molar-refractivity contribution in [3.05, 3.63) is 42.2 Å². The molecule has 0 N–H and O–H groups in total. The van der Waals surface area contributed by atoms with Crippen LogP contribution in [0.1, 0.15) is 12.6 Å². The van der Waals surface area contributed by atoms with Crippen molar-refractivity contribution in [3.63, 3.8) is 0 Å². The average molecular weight is 225 g/mol. The third kappa shape index (κ3) is 2.40. The van der Waals surface area contributed by atoms with E-state index in [2.05, 4.69) is 9.97 Å². The second-order valence-electron chi connectivity index (χ2n) is 3.31. The number of hydrogen-bond donors (Lipinski definition) is 0. The Morgan fingerprint density at radius 2 is 2.12 bits per heavy atom. The third-order valence-electron chi connectivity index (χ3n) is 2.20. The quantitative estimate of drug-likeness (QED) is 0.804. The molecule has 1 aromatic carbocycles. The summed E-state index contributed by atoms with van der Waals surface area (Å²) < 4.78 is 5.50. The van der Waals surface area contributed by atoms with Gasteiger partial charge in [-0.1, -0.05) is 12.1 Å². The van der Waals surface area contributed by atoms with Crippen LogP contribution in [0.2, 0.25) is 0 Å². The first-order chi connectivity index (χ1) is 8.35. The lowest BCUT2D eigenvalue weighted by molar-refractivity contribution is 0.341. The molecule has 0 amide bonds. The van der Waals surface area contributed by atoms with E-state index in [1.54, 1.807) is 12.3 Å². The molecule has 2 rings (SSSR count). The molecule has 0 saturated heterocycles. The lowest BCUT2D eigenvalue weighted by Crippen LogP contribution is -1.97. The molecule has 2 aromatic rings. The van der Waals surface area contributed by atoms with E-state index in [0.717, 1.165) is 11.3 Å². The summed E-state index contributed by atoms with van der Waals surface area (Å²) in [5.74, 6) is 1.23. The zero-order valence-electron chi connectivity index (χ0n) is 9.42. The van der Waals surface area contributed by atoms with E-state index in [4.69, 9.17) is 10.00 Å². The van der Waals surface area contributed by atoms with Crippen LogP contribution < -0.4 is 4.74 Å². The highest BCUT2D eigenvalue weighted by Crippen LogP contribution is 2.26. The summed E-state index contributed by atoms with van der Waals surface area (Å²) in [7, 11) is 0. The predicted octanol–water partition coefficient (Wildman–Crippen LogP) is 2.41. The number of nitriles is 1. The number of aromatic nitrogens is 2. The van der Waals surface area contributed by atoms with Crippen molar-refractivity contribution in [3.8, 4) is 23.2 Å². The summed E-state index contributed by atoms with van der Waals surface area (Å²) in [4.78, 5) is 8.31. The largest absolute Gasteiger partial charge is 0.493 e. The highest BCUT2D eigenvalue weighted by atomic mass is 16.5. The van der Waals surface area contributed by atoms with Crippen LogP contribution in [-0.4, -0.2) is 16.6 Å². The highest BCUT2D eigenvalue weighted by molar-refractivity contribution is 5.64. The van der Waals surface area contributed by atoms with Crippen molar-refractivity contribution in [1.29, 1.82) is 5.26 Å². The number of ether oxygens (including phenoxy) is 1. The smallest absolute Gasteiger partial charge is 0.164 e. The molecule has 0 bridgehead atoms. The minimum atomic E-state index is 0.348. The van der Waals surface area contributed by atoms with Gasteiger partial charge in [0.2, 0.25) is 0 Å². The van der Waals surface area contributed by atoms with Crippen LogP contribution in [0.5, 0.6) is 5.75 Å². The van der Waals surface area contributed by atoms with Gasteiger partial charge in [-0.15, -0.1) is 0 Å². The first-order valence-electron chi connectivity index (χ1n) is 5.30. The summed E-state index contributed by atoms with van der Waals surface area (Å²) in [5.41, 5.74) is 1.15. The minimum absolute atomic E-state index is 0.348. The fourth-order valence-electron chi connectivity index (χ4n) is 1.48. The Balaban J connectivity index is 2.48. The van der Waals surface area contributed by atoms with Gasteiger partial charge < -0.3 is 4.74 Å².